The molecule has 0 fully saturated rings. The lowest BCUT2D eigenvalue weighted by atomic mass is 9.94. The van der Waals surface area contributed by atoms with Gasteiger partial charge in [-0.15, -0.1) is 0 Å². The Morgan fingerprint density at radius 3 is 2.61 bits per heavy atom. The molecule has 0 saturated carbocycles. The standard InChI is InChI=1S/C17H19N/c1-2-6-14(7-3-1)10-12-16-13-11-15-8-4-5-9-17(15)18-16/h1-9,16,18H,10-13H2. The van der Waals surface area contributed by atoms with Gasteiger partial charge in [-0.1, -0.05) is 48.5 Å². The molecule has 1 nitrogen and oxygen atoms in total. The average molecular weight is 237 g/mol. The van der Waals surface area contributed by atoms with Gasteiger partial charge in [-0.2, -0.15) is 0 Å². The topological polar surface area (TPSA) is 12.0 Å². The van der Waals surface area contributed by atoms with Crippen LogP contribution in [0.15, 0.2) is 54.6 Å². The molecule has 0 aliphatic carbocycles. The van der Waals surface area contributed by atoms with Crippen LogP contribution in [0.4, 0.5) is 5.69 Å². The highest BCUT2D eigenvalue weighted by atomic mass is 14.9. The van der Waals surface area contributed by atoms with Crippen LogP contribution in [0.3, 0.4) is 0 Å². The molecule has 2 aromatic rings. The number of aryl methyl sites for hydroxylation is 2. The minimum atomic E-state index is 0.625. The van der Waals surface area contributed by atoms with Crippen molar-refractivity contribution in [1.29, 1.82) is 0 Å². The fourth-order valence-corrected chi connectivity index (χ4v) is 2.70. The van der Waals surface area contributed by atoms with Crippen molar-refractivity contribution in [3.63, 3.8) is 0 Å². The quantitative estimate of drug-likeness (QED) is 0.849. The number of nitrogens with one attached hydrogen (secondary N) is 1. The summed E-state index contributed by atoms with van der Waals surface area (Å²) in [7, 11) is 0. The van der Waals surface area contributed by atoms with Gasteiger partial charge in [-0.3, -0.25) is 0 Å². The predicted octanol–water partition coefficient (Wildman–Crippen LogP) is 4.05. The Bertz CT molecular complexity index is 504. The summed E-state index contributed by atoms with van der Waals surface area (Å²) in [5.41, 5.74) is 4.24. The first-order chi connectivity index (χ1) is 8.92. The van der Waals surface area contributed by atoms with Gasteiger partial charge in [0.05, 0.1) is 0 Å². The lowest BCUT2D eigenvalue weighted by Crippen LogP contribution is -2.25. The molecule has 0 bridgehead atoms. The summed E-state index contributed by atoms with van der Waals surface area (Å²) in [6, 6.07) is 20.1. The molecule has 3 rings (SSSR count). The fourth-order valence-electron chi connectivity index (χ4n) is 2.70. The van der Waals surface area contributed by atoms with Crippen LogP contribution >= 0.6 is 0 Å². The molecule has 0 radical (unpaired) electrons. The van der Waals surface area contributed by atoms with Crippen molar-refractivity contribution in [2.45, 2.75) is 31.7 Å². The van der Waals surface area contributed by atoms with Crippen molar-refractivity contribution in [3.05, 3.63) is 65.7 Å². The molecule has 1 atom stereocenters. The van der Waals surface area contributed by atoms with Crippen LogP contribution in [0.25, 0.3) is 0 Å². The van der Waals surface area contributed by atoms with Crippen LogP contribution in [0.5, 0.6) is 0 Å². The molecule has 2 aromatic carbocycles. The van der Waals surface area contributed by atoms with Gasteiger partial charge in [-0.05, 0) is 42.9 Å². The molecule has 0 saturated heterocycles. The Morgan fingerprint density at radius 1 is 0.944 bits per heavy atom. The molecule has 1 unspecified atom stereocenters. The van der Waals surface area contributed by atoms with Gasteiger partial charge in [0.2, 0.25) is 0 Å². The third-order valence-electron chi connectivity index (χ3n) is 3.76. The van der Waals surface area contributed by atoms with E-state index in [1.807, 2.05) is 0 Å². The van der Waals surface area contributed by atoms with Crippen molar-refractivity contribution < 1.29 is 0 Å². The van der Waals surface area contributed by atoms with Crippen LogP contribution in [0.1, 0.15) is 24.0 Å². The molecule has 0 amide bonds. The second-order valence-corrected chi connectivity index (χ2v) is 5.06. The van der Waals surface area contributed by atoms with Gasteiger partial charge in [0.1, 0.15) is 0 Å². The molecule has 1 aliphatic heterocycles. The number of anilines is 1. The molecule has 1 heterocycles. The van der Waals surface area contributed by atoms with E-state index in [1.54, 1.807) is 0 Å². The lowest BCUT2D eigenvalue weighted by molar-refractivity contribution is 0.586. The highest BCUT2D eigenvalue weighted by Crippen LogP contribution is 2.26. The normalized spacial score (nSPS) is 17.9. The van der Waals surface area contributed by atoms with E-state index in [0.717, 1.165) is 0 Å². The van der Waals surface area contributed by atoms with Crippen molar-refractivity contribution in [2.75, 3.05) is 5.32 Å². The van der Waals surface area contributed by atoms with Gasteiger partial charge in [0.25, 0.3) is 0 Å². The Kier molecular flexibility index (Phi) is 3.31. The Morgan fingerprint density at radius 2 is 1.72 bits per heavy atom. The first kappa shape index (κ1) is 11.3. The van der Waals surface area contributed by atoms with Crippen LogP contribution < -0.4 is 5.32 Å². The van der Waals surface area contributed by atoms with Gasteiger partial charge >= 0.3 is 0 Å². The SMILES string of the molecule is c1ccc(CCC2CCc3ccccc3N2)cc1. The van der Waals surface area contributed by atoms with Crippen LogP contribution in [-0.4, -0.2) is 6.04 Å². The average Bonchev–Trinajstić information content (AvgIpc) is 2.46. The van der Waals surface area contributed by atoms with E-state index in [2.05, 4.69) is 59.9 Å². The summed E-state index contributed by atoms with van der Waals surface area (Å²) in [6.45, 7) is 0. The van der Waals surface area contributed by atoms with Crippen molar-refractivity contribution in [1.82, 2.24) is 0 Å². The third-order valence-corrected chi connectivity index (χ3v) is 3.76. The molecule has 1 aliphatic rings. The van der Waals surface area contributed by atoms with Crippen LogP contribution in [0.2, 0.25) is 0 Å². The van der Waals surface area contributed by atoms with Crippen molar-refractivity contribution in [2.24, 2.45) is 0 Å². The Labute approximate surface area is 109 Å². The summed E-state index contributed by atoms with van der Waals surface area (Å²) in [6.07, 6.45) is 4.85. The number of para-hydroxylation sites is 1. The molecule has 0 spiro atoms. The fraction of sp³-hybridized carbons (Fsp3) is 0.294. The number of benzene rings is 2. The summed E-state index contributed by atoms with van der Waals surface area (Å²) < 4.78 is 0. The van der Waals surface area contributed by atoms with Crippen LogP contribution in [0, 0.1) is 0 Å². The zero-order chi connectivity index (χ0) is 12.2. The zero-order valence-electron chi connectivity index (χ0n) is 10.6. The first-order valence-corrected chi connectivity index (χ1v) is 6.80. The maximum Gasteiger partial charge on any atom is 0.0374 e. The van der Waals surface area contributed by atoms with E-state index in [1.165, 1.54) is 42.5 Å². The van der Waals surface area contributed by atoms with Crippen LogP contribution in [-0.2, 0) is 12.8 Å². The van der Waals surface area contributed by atoms with E-state index in [4.69, 9.17) is 0 Å². The highest BCUT2D eigenvalue weighted by Gasteiger charge is 2.16. The molecule has 0 aromatic heterocycles. The molecular weight excluding hydrogens is 218 g/mol. The second kappa shape index (κ2) is 5.26. The predicted molar refractivity (Wildman–Crippen MR) is 76.9 cm³/mol. The second-order valence-electron chi connectivity index (χ2n) is 5.06. The van der Waals surface area contributed by atoms with E-state index in [0.29, 0.717) is 6.04 Å². The molecule has 92 valence electrons. The van der Waals surface area contributed by atoms with Gasteiger partial charge in [0.15, 0.2) is 0 Å². The van der Waals surface area contributed by atoms with Crippen molar-refractivity contribution in [3.8, 4) is 0 Å². The summed E-state index contributed by atoms with van der Waals surface area (Å²) >= 11 is 0. The maximum absolute atomic E-state index is 3.67. The molecule has 1 heteroatoms. The van der Waals surface area contributed by atoms with Gasteiger partial charge in [0, 0.05) is 11.7 Å². The monoisotopic (exact) mass is 237 g/mol. The largest absolute Gasteiger partial charge is 0.382 e. The highest BCUT2D eigenvalue weighted by molar-refractivity contribution is 5.53. The maximum atomic E-state index is 3.67. The minimum Gasteiger partial charge on any atom is -0.382 e. The van der Waals surface area contributed by atoms with E-state index < -0.39 is 0 Å². The molecule has 18 heavy (non-hydrogen) atoms. The zero-order valence-corrected chi connectivity index (χ0v) is 10.6. The smallest absolute Gasteiger partial charge is 0.0374 e. The summed E-state index contributed by atoms with van der Waals surface area (Å²) in [4.78, 5) is 0. The number of hydrogen-bond donors (Lipinski definition) is 1. The van der Waals surface area contributed by atoms with E-state index in [-0.39, 0.29) is 0 Å². The van der Waals surface area contributed by atoms with E-state index >= 15 is 0 Å². The summed E-state index contributed by atoms with van der Waals surface area (Å²) in [5, 5.41) is 3.67. The number of rotatable bonds is 3. The third kappa shape index (κ3) is 2.56. The molecule has 1 N–H and O–H groups in total. The number of hydrogen-bond acceptors (Lipinski definition) is 1. The number of fused-ring (bicyclic) bond motifs is 1. The van der Waals surface area contributed by atoms with Gasteiger partial charge < -0.3 is 5.32 Å². The van der Waals surface area contributed by atoms with Gasteiger partial charge in [-0.25, -0.2) is 0 Å². The lowest BCUT2D eigenvalue weighted by Gasteiger charge is -2.27. The first-order valence-electron chi connectivity index (χ1n) is 6.80. The van der Waals surface area contributed by atoms with Crippen molar-refractivity contribution >= 4 is 5.69 Å². The minimum absolute atomic E-state index is 0.625. The van der Waals surface area contributed by atoms with E-state index in [9.17, 15) is 0 Å². The summed E-state index contributed by atoms with van der Waals surface area (Å²) in [5.74, 6) is 0. The Hall–Kier alpha value is -1.76. The molecular formula is C17H19N. The Balaban J connectivity index is 1.60.